The number of hydrogen-bond acceptors (Lipinski definition) is 4. The summed E-state index contributed by atoms with van der Waals surface area (Å²) in [6.45, 7) is 1.58. The number of rotatable bonds is 8. The van der Waals surface area contributed by atoms with Gasteiger partial charge < -0.3 is 19.1 Å². The quantitative estimate of drug-likeness (QED) is 0.289. The van der Waals surface area contributed by atoms with Crippen LogP contribution in [0.25, 0.3) is 11.0 Å². The van der Waals surface area contributed by atoms with Crippen molar-refractivity contribution in [2.75, 3.05) is 6.61 Å². The van der Waals surface area contributed by atoms with E-state index in [9.17, 15) is 14.3 Å². The van der Waals surface area contributed by atoms with Gasteiger partial charge in [-0.2, -0.15) is 0 Å². The molecule has 6 nitrogen and oxygen atoms in total. The Bertz CT molecular complexity index is 1510. The maximum absolute atomic E-state index is 14.2. The van der Waals surface area contributed by atoms with Crippen LogP contribution in [0.2, 0.25) is 5.02 Å². The third-order valence-corrected chi connectivity index (χ3v) is 7.88. The Hall–Kier alpha value is -3.42. The van der Waals surface area contributed by atoms with E-state index in [4.69, 9.17) is 26.1 Å². The van der Waals surface area contributed by atoms with E-state index in [-0.39, 0.29) is 24.1 Å². The van der Waals surface area contributed by atoms with E-state index >= 15 is 0 Å². The highest BCUT2D eigenvalue weighted by Crippen LogP contribution is 2.32. The summed E-state index contributed by atoms with van der Waals surface area (Å²) in [4.78, 5) is 16.5. The lowest BCUT2D eigenvalue weighted by atomic mass is 9.82. The lowest BCUT2D eigenvalue weighted by Gasteiger charge is -2.29. The van der Waals surface area contributed by atoms with Crippen molar-refractivity contribution in [1.29, 1.82) is 0 Å². The third kappa shape index (κ3) is 5.13. The molecule has 1 aliphatic carbocycles. The minimum Gasteiger partial charge on any atom is -0.489 e. The summed E-state index contributed by atoms with van der Waals surface area (Å²) in [6.07, 6.45) is 4.85. The molecule has 38 heavy (non-hydrogen) atoms. The molecular weight excluding hydrogens is 507 g/mol. The molecule has 0 saturated carbocycles. The van der Waals surface area contributed by atoms with Gasteiger partial charge in [-0.15, -0.1) is 0 Å². The van der Waals surface area contributed by atoms with Crippen molar-refractivity contribution in [3.05, 3.63) is 93.5 Å². The minimum absolute atomic E-state index is 0.136. The van der Waals surface area contributed by atoms with Crippen LogP contribution in [0.1, 0.15) is 45.7 Å². The van der Waals surface area contributed by atoms with Crippen molar-refractivity contribution in [2.24, 2.45) is 5.92 Å². The maximum atomic E-state index is 14.2. The van der Waals surface area contributed by atoms with Gasteiger partial charge in [0.15, 0.2) is 0 Å². The van der Waals surface area contributed by atoms with Crippen LogP contribution in [-0.2, 0) is 37.2 Å². The van der Waals surface area contributed by atoms with Gasteiger partial charge in [-0.25, -0.2) is 14.2 Å². The smallest absolute Gasteiger partial charge is 0.335 e. The Kier molecular flexibility index (Phi) is 6.80. The molecule has 1 unspecified atom stereocenters. The van der Waals surface area contributed by atoms with E-state index in [1.165, 1.54) is 17.2 Å². The van der Waals surface area contributed by atoms with Gasteiger partial charge in [-0.3, -0.25) is 0 Å². The molecule has 0 spiro atoms. The van der Waals surface area contributed by atoms with Crippen LogP contribution in [-0.4, -0.2) is 33.3 Å². The molecule has 2 atom stereocenters. The first-order valence-corrected chi connectivity index (χ1v) is 13.3. The molecule has 1 aliphatic heterocycles. The molecular formula is C30H28ClFN2O4. The lowest BCUT2D eigenvalue weighted by molar-refractivity contribution is -0.0590. The number of benzene rings is 3. The molecule has 1 N–H and O–H groups in total. The monoisotopic (exact) mass is 534 g/mol. The first kappa shape index (κ1) is 24.9. The highest BCUT2D eigenvalue weighted by atomic mass is 35.5. The molecule has 1 fully saturated rings. The van der Waals surface area contributed by atoms with Gasteiger partial charge in [0.25, 0.3) is 0 Å². The summed E-state index contributed by atoms with van der Waals surface area (Å²) in [5.74, 6) is 0.762. The van der Waals surface area contributed by atoms with Gasteiger partial charge in [-0.05, 0) is 85.2 Å². The number of aromatic carboxylic acids is 1. The Morgan fingerprint density at radius 2 is 2.00 bits per heavy atom. The number of ether oxygens (including phenoxy) is 2. The molecule has 0 bridgehead atoms. The second kappa shape index (κ2) is 10.4. The van der Waals surface area contributed by atoms with Crippen molar-refractivity contribution < 1.29 is 23.8 Å². The minimum atomic E-state index is -0.943. The molecule has 1 saturated heterocycles. The van der Waals surface area contributed by atoms with Crippen LogP contribution >= 0.6 is 11.6 Å². The first-order chi connectivity index (χ1) is 18.4. The zero-order valence-corrected chi connectivity index (χ0v) is 21.6. The predicted molar refractivity (Wildman–Crippen MR) is 142 cm³/mol. The molecule has 1 aromatic heterocycles. The summed E-state index contributed by atoms with van der Waals surface area (Å²) in [5, 5.41) is 9.86. The van der Waals surface area contributed by atoms with E-state index in [0.717, 1.165) is 55.6 Å². The molecule has 3 aromatic carbocycles. The fraction of sp³-hybridized carbons (Fsp3) is 0.333. The number of halogens is 2. The molecule has 2 aliphatic rings. The summed E-state index contributed by atoms with van der Waals surface area (Å²) < 4.78 is 27.9. The van der Waals surface area contributed by atoms with Crippen LogP contribution in [0.3, 0.4) is 0 Å². The fourth-order valence-corrected chi connectivity index (χ4v) is 5.59. The molecule has 8 heteroatoms. The van der Waals surface area contributed by atoms with Crippen molar-refractivity contribution in [3.8, 4) is 5.75 Å². The van der Waals surface area contributed by atoms with E-state index < -0.39 is 5.97 Å². The summed E-state index contributed by atoms with van der Waals surface area (Å²) in [6, 6.07) is 15.9. The normalized spacial score (nSPS) is 18.7. The van der Waals surface area contributed by atoms with Gasteiger partial charge in [-0.1, -0.05) is 23.7 Å². The SMILES string of the molecule is O=C(O)c1ccc2nc(CC3CCc4ccc(OCc5ccc(Cl)cc5F)cc4C3)n(C[C@@H]3CCO3)c2c1. The van der Waals surface area contributed by atoms with Crippen LogP contribution in [0.15, 0.2) is 54.6 Å². The van der Waals surface area contributed by atoms with Crippen LogP contribution in [0.4, 0.5) is 4.39 Å². The van der Waals surface area contributed by atoms with Crippen LogP contribution < -0.4 is 4.74 Å². The predicted octanol–water partition coefficient (Wildman–Crippen LogP) is 6.24. The number of aromatic nitrogens is 2. The summed E-state index contributed by atoms with van der Waals surface area (Å²) in [5.41, 5.74) is 4.94. The van der Waals surface area contributed by atoms with E-state index in [0.29, 0.717) is 28.8 Å². The summed E-state index contributed by atoms with van der Waals surface area (Å²) in [7, 11) is 0. The Morgan fingerprint density at radius 1 is 1.13 bits per heavy atom. The van der Waals surface area contributed by atoms with E-state index in [2.05, 4.69) is 16.7 Å². The number of aryl methyl sites for hydroxylation is 1. The zero-order chi connectivity index (χ0) is 26.2. The van der Waals surface area contributed by atoms with Crippen molar-refractivity contribution >= 4 is 28.6 Å². The number of fused-ring (bicyclic) bond motifs is 2. The molecule has 4 aromatic rings. The standard InChI is InChI=1S/C30H28ClFN2O4/c31-23-6-3-21(26(32)15-23)17-38-24-7-4-19-2-1-18(11-22(19)13-24)12-29-33-27-8-5-20(30(35)36)14-28(27)34(29)16-25-9-10-37-25/h3-8,13-15,18,25H,1-2,9-12,16-17H2,(H,35,36)/t18?,25-/m0/s1. The highest BCUT2D eigenvalue weighted by Gasteiger charge is 2.26. The van der Waals surface area contributed by atoms with E-state index in [1.807, 2.05) is 6.07 Å². The Morgan fingerprint density at radius 3 is 2.76 bits per heavy atom. The Balaban J connectivity index is 1.20. The summed E-state index contributed by atoms with van der Waals surface area (Å²) >= 11 is 5.86. The molecule has 2 heterocycles. The molecule has 6 rings (SSSR count). The molecule has 196 valence electrons. The van der Waals surface area contributed by atoms with Gasteiger partial charge in [0.2, 0.25) is 0 Å². The number of nitrogens with zero attached hydrogens (tertiary/aromatic N) is 2. The van der Waals surface area contributed by atoms with Crippen LogP contribution in [0.5, 0.6) is 5.75 Å². The average molecular weight is 535 g/mol. The number of imidazole rings is 1. The first-order valence-electron chi connectivity index (χ1n) is 13.0. The van der Waals surface area contributed by atoms with Gasteiger partial charge >= 0.3 is 5.97 Å². The topological polar surface area (TPSA) is 73.6 Å². The van der Waals surface area contributed by atoms with Gasteiger partial charge in [0.05, 0.1) is 29.2 Å². The maximum Gasteiger partial charge on any atom is 0.335 e. The van der Waals surface area contributed by atoms with Gasteiger partial charge in [0.1, 0.15) is 24.0 Å². The van der Waals surface area contributed by atoms with E-state index in [1.54, 1.807) is 30.3 Å². The largest absolute Gasteiger partial charge is 0.489 e. The number of hydrogen-bond donors (Lipinski definition) is 1. The lowest BCUT2D eigenvalue weighted by Crippen LogP contribution is -2.32. The third-order valence-electron chi connectivity index (χ3n) is 7.64. The highest BCUT2D eigenvalue weighted by molar-refractivity contribution is 6.30. The second-order valence-corrected chi connectivity index (χ2v) is 10.6. The zero-order valence-electron chi connectivity index (χ0n) is 20.8. The average Bonchev–Trinajstić information content (AvgIpc) is 3.21. The number of carbonyl (C=O) groups is 1. The Labute approximate surface area is 225 Å². The molecule has 0 amide bonds. The van der Waals surface area contributed by atoms with Crippen molar-refractivity contribution in [1.82, 2.24) is 9.55 Å². The van der Waals surface area contributed by atoms with Gasteiger partial charge in [0, 0.05) is 23.6 Å². The number of carboxylic acids is 1. The molecule has 0 radical (unpaired) electrons. The second-order valence-electron chi connectivity index (χ2n) is 10.2. The number of carboxylic acid groups (broad SMARTS) is 1. The van der Waals surface area contributed by atoms with Crippen molar-refractivity contribution in [2.45, 2.75) is 51.4 Å². The van der Waals surface area contributed by atoms with Crippen molar-refractivity contribution in [3.63, 3.8) is 0 Å². The van der Waals surface area contributed by atoms with Crippen LogP contribution in [0, 0.1) is 11.7 Å². The fourth-order valence-electron chi connectivity index (χ4n) is 5.43.